The SMILES string of the molecule is C[C@@H]1Cc2ccccc2CN1C(=O)c1cc2c(cc1-c1cc(C(=O)O)c3n1CCCC3)CCN(C(=O)OCC1c3ccccc3-c3ccccc31)C2. The third-order valence-corrected chi connectivity index (χ3v) is 11.7. The minimum Gasteiger partial charge on any atom is -0.478 e. The Labute approximate surface area is 303 Å². The molecule has 1 aromatic heterocycles. The minimum absolute atomic E-state index is 0.0144. The van der Waals surface area contributed by atoms with Gasteiger partial charge in [-0.1, -0.05) is 72.8 Å². The number of aromatic carboxylic acids is 1. The number of carboxylic acid groups (broad SMARTS) is 1. The van der Waals surface area contributed by atoms with Gasteiger partial charge in [-0.05, 0) is 102 Å². The van der Waals surface area contributed by atoms with E-state index in [1.54, 1.807) is 11.0 Å². The molecule has 2 amide bonds. The van der Waals surface area contributed by atoms with Crippen LogP contribution >= 0.6 is 0 Å². The van der Waals surface area contributed by atoms with Gasteiger partial charge in [0.15, 0.2) is 0 Å². The number of rotatable bonds is 5. The summed E-state index contributed by atoms with van der Waals surface area (Å²) in [6.45, 7) is 4.38. The van der Waals surface area contributed by atoms with Crippen LogP contribution < -0.4 is 0 Å². The normalized spacial score (nSPS) is 17.4. The summed E-state index contributed by atoms with van der Waals surface area (Å²) < 4.78 is 8.17. The third kappa shape index (κ3) is 5.40. The van der Waals surface area contributed by atoms with Crippen molar-refractivity contribution in [3.8, 4) is 22.4 Å². The average Bonchev–Trinajstić information content (AvgIpc) is 3.72. The van der Waals surface area contributed by atoms with E-state index in [9.17, 15) is 19.5 Å². The highest BCUT2D eigenvalue weighted by atomic mass is 16.6. The molecule has 0 saturated carbocycles. The topological polar surface area (TPSA) is 92.1 Å². The first-order valence-corrected chi connectivity index (χ1v) is 18.4. The van der Waals surface area contributed by atoms with Gasteiger partial charge in [0.1, 0.15) is 6.61 Å². The van der Waals surface area contributed by atoms with Gasteiger partial charge in [0.25, 0.3) is 5.91 Å². The van der Waals surface area contributed by atoms with E-state index in [4.69, 9.17) is 4.74 Å². The zero-order valence-corrected chi connectivity index (χ0v) is 29.3. The van der Waals surface area contributed by atoms with Crippen LogP contribution in [0.4, 0.5) is 4.79 Å². The van der Waals surface area contributed by atoms with Crippen molar-refractivity contribution in [3.05, 3.63) is 141 Å². The van der Waals surface area contributed by atoms with E-state index in [1.165, 1.54) is 27.8 Å². The Bertz CT molecular complexity index is 2220. The van der Waals surface area contributed by atoms with Crippen molar-refractivity contribution in [1.82, 2.24) is 14.4 Å². The molecule has 262 valence electrons. The van der Waals surface area contributed by atoms with Crippen LogP contribution in [0.3, 0.4) is 0 Å². The summed E-state index contributed by atoms with van der Waals surface area (Å²) in [4.78, 5) is 44.5. The van der Waals surface area contributed by atoms with Crippen molar-refractivity contribution in [1.29, 1.82) is 0 Å². The van der Waals surface area contributed by atoms with Gasteiger partial charge >= 0.3 is 12.1 Å². The number of carboxylic acids is 1. The number of benzene rings is 4. The number of hydrogen-bond donors (Lipinski definition) is 1. The number of fused-ring (bicyclic) bond motifs is 6. The first-order valence-electron chi connectivity index (χ1n) is 18.4. The smallest absolute Gasteiger partial charge is 0.410 e. The van der Waals surface area contributed by atoms with Gasteiger partial charge in [0, 0.05) is 60.7 Å². The Kier molecular flexibility index (Phi) is 7.98. The third-order valence-electron chi connectivity index (χ3n) is 11.7. The van der Waals surface area contributed by atoms with E-state index < -0.39 is 5.97 Å². The number of carbonyl (C=O) groups is 3. The minimum atomic E-state index is -0.942. The molecule has 0 bridgehead atoms. The molecule has 0 radical (unpaired) electrons. The lowest BCUT2D eigenvalue weighted by atomic mass is 9.90. The lowest BCUT2D eigenvalue weighted by molar-refractivity contribution is 0.0656. The highest BCUT2D eigenvalue weighted by Gasteiger charge is 2.34. The molecule has 0 unspecified atom stereocenters. The van der Waals surface area contributed by atoms with E-state index in [1.807, 2.05) is 47.4 Å². The number of nitrogens with zero attached hydrogens (tertiary/aromatic N) is 3. The summed E-state index contributed by atoms with van der Waals surface area (Å²) >= 11 is 0. The molecular formula is C44H41N3O5. The fourth-order valence-corrected chi connectivity index (χ4v) is 9.03. The second kappa shape index (κ2) is 12.9. The zero-order valence-electron chi connectivity index (χ0n) is 29.3. The predicted octanol–water partition coefficient (Wildman–Crippen LogP) is 8.08. The standard InChI is InChI=1S/C44H41N3O5/c1-27-20-28-10-2-3-11-30(28)25-47(27)42(48)37-22-31-24-45(44(51)52-26-39-34-14-6-4-12-32(34)33-13-5-7-15-35(33)39)19-17-29(31)21-36(37)41-23-38(43(49)50)40-16-8-9-18-46(40)41/h2-7,10-15,21-23,27,39H,8-9,16-20,24-26H2,1H3,(H,49,50)/t27-/m1/s1. The Hall–Kier alpha value is -5.63. The molecule has 3 aliphatic heterocycles. The van der Waals surface area contributed by atoms with Crippen molar-refractivity contribution < 1.29 is 24.2 Å². The average molecular weight is 692 g/mol. The van der Waals surface area contributed by atoms with Gasteiger partial charge in [0.2, 0.25) is 0 Å². The molecule has 52 heavy (non-hydrogen) atoms. The van der Waals surface area contributed by atoms with Crippen molar-refractivity contribution in [3.63, 3.8) is 0 Å². The Balaban J connectivity index is 1.04. The van der Waals surface area contributed by atoms with E-state index in [2.05, 4.69) is 54.0 Å². The van der Waals surface area contributed by atoms with Crippen LogP contribution in [0.5, 0.6) is 0 Å². The van der Waals surface area contributed by atoms with Crippen LogP contribution in [0.15, 0.2) is 91.0 Å². The molecule has 4 aliphatic rings. The van der Waals surface area contributed by atoms with Crippen molar-refractivity contribution in [2.75, 3.05) is 13.2 Å². The summed E-state index contributed by atoms with van der Waals surface area (Å²) in [6.07, 6.45) is 3.60. The summed E-state index contributed by atoms with van der Waals surface area (Å²) in [6, 6.07) is 30.7. The molecule has 1 atom stereocenters. The molecule has 0 saturated heterocycles. The molecule has 0 spiro atoms. The largest absolute Gasteiger partial charge is 0.478 e. The molecule has 4 aromatic carbocycles. The van der Waals surface area contributed by atoms with E-state index >= 15 is 0 Å². The second-order valence-corrected chi connectivity index (χ2v) is 14.7. The zero-order chi connectivity index (χ0) is 35.5. The Morgan fingerprint density at radius 3 is 2.19 bits per heavy atom. The number of carbonyl (C=O) groups excluding carboxylic acids is 2. The molecule has 8 nitrogen and oxygen atoms in total. The Morgan fingerprint density at radius 1 is 0.731 bits per heavy atom. The highest BCUT2D eigenvalue weighted by molar-refractivity contribution is 6.02. The summed E-state index contributed by atoms with van der Waals surface area (Å²) in [5, 5.41) is 10.2. The van der Waals surface area contributed by atoms with Gasteiger partial charge in [-0.2, -0.15) is 0 Å². The van der Waals surface area contributed by atoms with E-state index in [-0.39, 0.29) is 30.6 Å². The Morgan fingerprint density at radius 2 is 1.44 bits per heavy atom. The number of hydrogen-bond acceptors (Lipinski definition) is 4. The molecule has 8 heteroatoms. The van der Waals surface area contributed by atoms with E-state index in [0.717, 1.165) is 52.9 Å². The van der Waals surface area contributed by atoms with Gasteiger partial charge in [-0.3, -0.25) is 4.79 Å². The summed E-state index contributed by atoms with van der Waals surface area (Å²) in [7, 11) is 0. The molecule has 0 fully saturated rings. The predicted molar refractivity (Wildman–Crippen MR) is 198 cm³/mol. The fourth-order valence-electron chi connectivity index (χ4n) is 9.03. The molecule has 4 heterocycles. The highest BCUT2D eigenvalue weighted by Crippen LogP contribution is 2.45. The maximum atomic E-state index is 14.8. The summed E-state index contributed by atoms with van der Waals surface area (Å²) in [5.74, 6) is -1.05. The monoisotopic (exact) mass is 691 g/mol. The van der Waals surface area contributed by atoms with Crippen LogP contribution in [-0.4, -0.2) is 56.6 Å². The van der Waals surface area contributed by atoms with Crippen LogP contribution in [0.2, 0.25) is 0 Å². The molecule has 9 rings (SSSR count). The van der Waals surface area contributed by atoms with Crippen molar-refractivity contribution in [2.45, 2.75) is 70.6 Å². The van der Waals surface area contributed by atoms with Gasteiger partial charge in [-0.15, -0.1) is 0 Å². The molecule has 1 N–H and O–H groups in total. The van der Waals surface area contributed by atoms with Crippen molar-refractivity contribution >= 4 is 18.0 Å². The first kappa shape index (κ1) is 32.3. The maximum absolute atomic E-state index is 14.8. The summed E-state index contributed by atoms with van der Waals surface area (Å²) in [5.41, 5.74) is 12.3. The number of ether oxygens (including phenoxy) is 1. The second-order valence-electron chi connectivity index (χ2n) is 14.7. The fraction of sp³-hybridized carbons (Fsp3) is 0.295. The van der Waals surface area contributed by atoms with Crippen molar-refractivity contribution in [2.24, 2.45) is 0 Å². The van der Waals surface area contributed by atoms with Gasteiger partial charge in [-0.25, -0.2) is 9.59 Å². The van der Waals surface area contributed by atoms with Crippen LogP contribution in [-0.2, 0) is 43.6 Å². The quantitative estimate of drug-likeness (QED) is 0.201. The lowest BCUT2D eigenvalue weighted by Crippen LogP contribution is -2.43. The van der Waals surface area contributed by atoms with Crippen LogP contribution in [0, 0.1) is 0 Å². The lowest BCUT2D eigenvalue weighted by Gasteiger charge is -2.36. The first-order chi connectivity index (χ1) is 25.4. The molecule has 1 aliphatic carbocycles. The van der Waals surface area contributed by atoms with Crippen LogP contribution in [0.25, 0.3) is 22.4 Å². The van der Waals surface area contributed by atoms with E-state index in [0.29, 0.717) is 50.1 Å². The maximum Gasteiger partial charge on any atom is 0.410 e. The van der Waals surface area contributed by atoms with Gasteiger partial charge < -0.3 is 24.2 Å². The van der Waals surface area contributed by atoms with Crippen LogP contribution in [0.1, 0.15) is 85.5 Å². The molecular weight excluding hydrogens is 650 g/mol. The van der Waals surface area contributed by atoms with Gasteiger partial charge in [0.05, 0.1) is 5.56 Å². The number of amides is 2. The molecule has 5 aromatic rings. The number of aromatic nitrogens is 1.